The van der Waals surface area contributed by atoms with Crippen molar-refractivity contribution in [2.24, 2.45) is 5.73 Å². The lowest BCUT2D eigenvalue weighted by atomic mass is 10.1. The normalized spacial score (nSPS) is 14.0. The number of hydrogen-bond acceptors (Lipinski definition) is 3. The van der Waals surface area contributed by atoms with E-state index in [-0.39, 0.29) is 12.1 Å². The van der Waals surface area contributed by atoms with Crippen LogP contribution in [0, 0.1) is 0 Å². The third kappa shape index (κ3) is 3.84. The highest BCUT2D eigenvalue weighted by molar-refractivity contribution is 9.10. The lowest BCUT2D eigenvalue weighted by Gasteiger charge is -2.23. The molecule has 0 aliphatic rings. The first-order chi connectivity index (χ1) is 9.63. The van der Waals surface area contributed by atoms with Crippen LogP contribution in [0.3, 0.4) is 0 Å². The number of halogens is 1. The summed E-state index contributed by atoms with van der Waals surface area (Å²) in [6.07, 6.45) is 1.83. The van der Waals surface area contributed by atoms with Gasteiger partial charge in [0.25, 0.3) is 0 Å². The predicted octanol–water partition coefficient (Wildman–Crippen LogP) is 4.93. The lowest BCUT2D eigenvalue weighted by Crippen LogP contribution is -2.30. The molecule has 0 amide bonds. The summed E-state index contributed by atoms with van der Waals surface area (Å²) in [6, 6.07) is 10.3. The van der Waals surface area contributed by atoms with Gasteiger partial charge in [-0.1, -0.05) is 26.0 Å². The summed E-state index contributed by atoms with van der Waals surface area (Å²) in [5.41, 5.74) is 7.54. The Morgan fingerprint density at radius 3 is 2.45 bits per heavy atom. The summed E-state index contributed by atoms with van der Waals surface area (Å²) in [5.74, 6) is 0.876. The van der Waals surface area contributed by atoms with Gasteiger partial charge in [-0.05, 0) is 52.5 Å². The molecule has 0 radical (unpaired) electrons. The average Bonchev–Trinajstić information content (AvgIpc) is 2.91. The van der Waals surface area contributed by atoms with Crippen LogP contribution in [-0.2, 0) is 6.42 Å². The van der Waals surface area contributed by atoms with Gasteiger partial charge in [-0.2, -0.15) is 0 Å². The fraction of sp³-hybridized carbons (Fsp3) is 0.375. The Labute approximate surface area is 133 Å². The van der Waals surface area contributed by atoms with E-state index in [9.17, 15) is 0 Å². The summed E-state index contributed by atoms with van der Waals surface area (Å²) in [5, 5.41) is 2.06. The molecule has 0 spiro atoms. The van der Waals surface area contributed by atoms with Gasteiger partial charge in [0.15, 0.2) is 0 Å². The van der Waals surface area contributed by atoms with Gasteiger partial charge in [-0.3, -0.25) is 0 Å². The Bertz CT molecular complexity index is 538. The number of thiophene rings is 1. The second-order valence-corrected chi connectivity index (χ2v) is 6.63. The molecule has 2 aromatic rings. The molecule has 0 saturated carbocycles. The van der Waals surface area contributed by atoms with E-state index in [1.165, 1.54) is 5.56 Å². The van der Waals surface area contributed by atoms with Crippen LogP contribution in [0.2, 0.25) is 0 Å². The zero-order chi connectivity index (χ0) is 14.5. The molecule has 0 saturated heterocycles. The van der Waals surface area contributed by atoms with E-state index in [0.717, 1.165) is 27.9 Å². The molecule has 0 fully saturated rings. The van der Waals surface area contributed by atoms with E-state index in [0.29, 0.717) is 0 Å². The van der Waals surface area contributed by atoms with Crippen LogP contribution < -0.4 is 10.5 Å². The maximum absolute atomic E-state index is 6.23. The molecule has 108 valence electrons. The van der Waals surface area contributed by atoms with Gasteiger partial charge in [0, 0.05) is 20.8 Å². The summed E-state index contributed by atoms with van der Waals surface area (Å²) in [7, 11) is 0. The molecule has 2 atom stereocenters. The van der Waals surface area contributed by atoms with Gasteiger partial charge >= 0.3 is 0 Å². The Balaban J connectivity index is 2.18. The SMILES string of the molecule is CCc1ccc(OC(c2cc(Br)cs2)C(N)CC)cc1. The summed E-state index contributed by atoms with van der Waals surface area (Å²) < 4.78 is 7.21. The van der Waals surface area contributed by atoms with E-state index in [1.807, 2.05) is 12.1 Å². The summed E-state index contributed by atoms with van der Waals surface area (Å²) in [4.78, 5) is 1.16. The van der Waals surface area contributed by atoms with Gasteiger partial charge in [0.1, 0.15) is 11.9 Å². The zero-order valence-electron chi connectivity index (χ0n) is 11.8. The molecule has 20 heavy (non-hydrogen) atoms. The van der Waals surface area contributed by atoms with Crippen molar-refractivity contribution in [3.8, 4) is 5.75 Å². The van der Waals surface area contributed by atoms with Crippen molar-refractivity contribution in [3.63, 3.8) is 0 Å². The number of rotatable bonds is 6. The monoisotopic (exact) mass is 353 g/mol. The summed E-state index contributed by atoms with van der Waals surface area (Å²) >= 11 is 5.17. The maximum atomic E-state index is 6.23. The fourth-order valence-electron chi connectivity index (χ4n) is 2.00. The second kappa shape index (κ2) is 7.25. The molecule has 2 nitrogen and oxygen atoms in total. The van der Waals surface area contributed by atoms with Crippen LogP contribution in [0.1, 0.15) is 36.8 Å². The largest absolute Gasteiger partial charge is 0.483 e. The van der Waals surface area contributed by atoms with Gasteiger partial charge in [-0.25, -0.2) is 0 Å². The number of hydrogen-bond donors (Lipinski definition) is 1. The minimum absolute atomic E-state index is 0.00796. The molecule has 2 N–H and O–H groups in total. The highest BCUT2D eigenvalue weighted by atomic mass is 79.9. The molecule has 1 aromatic carbocycles. The first-order valence-corrected chi connectivity index (χ1v) is 8.56. The van der Waals surface area contributed by atoms with E-state index in [1.54, 1.807) is 11.3 Å². The quantitative estimate of drug-likeness (QED) is 0.798. The number of nitrogens with two attached hydrogens (primary N) is 1. The molecular formula is C16H20BrNOS. The van der Waals surface area contributed by atoms with Gasteiger partial charge in [0.2, 0.25) is 0 Å². The van der Waals surface area contributed by atoms with Crippen molar-refractivity contribution >= 4 is 27.3 Å². The van der Waals surface area contributed by atoms with Crippen LogP contribution in [-0.4, -0.2) is 6.04 Å². The first-order valence-electron chi connectivity index (χ1n) is 6.89. The minimum atomic E-state index is -0.0937. The molecule has 0 aliphatic carbocycles. The molecule has 1 aromatic heterocycles. The summed E-state index contributed by atoms with van der Waals surface area (Å²) in [6.45, 7) is 4.23. The van der Waals surface area contributed by atoms with Crippen LogP contribution in [0.25, 0.3) is 0 Å². The lowest BCUT2D eigenvalue weighted by molar-refractivity contribution is 0.174. The third-order valence-electron chi connectivity index (χ3n) is 3.32. The van der Waals surface area contributed by atoms with E-state index in [4.69, 9.17) is 10.5 Å². The molecule has 0 aliphatic heterocycles. The van der Waals surface area contributed by atoms with E-state index in [2.05, 4.69) is 53.4 Å². The zero-order valence-corrected chi connectivity index (χ0v) is 14.2. The van der Waals surface area contributed by atoms with Crippen LogP contribution in [0.15, 0.2) is 40.2 Å². The van der Waals surface area contributed by atoms with Crippen LogP contribution in [0.4, 0.5) is 0 Å². The van der Waals surface area contributed by atoms with Crippen molar-refractivity contribution in [2.75, 3.05) is 0 Å². The Morgan fingerprint density at radius 2 is 1.95 bits per heavy atom. The highest BCUT2D eigenvalue weighted by Gasteiger charge is 2.22. The molecule has 2 rings (SSSR count). The number of benzene rings is 1. The van der Waals surface area contributed by atoms with Gasteiger partial charge in [0.05, 0.1) is 0 Å². The molecular weight excluding hydrogens is 334 g/mol. The molecule has 1 heterocycles. The number of ether oxygens (including phenoxy) is 1. The Morgan fingerprint density at radius 1 is 1.25 bits per heavy atom. The third-order valence-corrected chi connectivity index (χ3v) is 5.08. The number of aryl methyl sites for hydroxylation is 1. The van der Waals surface area contributed by atoms with Crippen LogP contribution in [0.5, 0.6) is 5.75 Å². The van der Waals surface area contributed by atoms with Gasteiger partial charge < -0.3 is 10.5 Å². The van der Waals surface area contributed by atoms with Crippen molar-refractivity contribution in [3.05, 3.63) is 50.6 Å². The smallest absolute Gasteiger partial charge is 0.148 e. The van der Waals surface area contributed by atoms with Crippen molar-refractivity contribution in [1.82, 2.24) is 0 Å². The Kier molecular flexibility index (Phi) is 5.64. The van der Waals surface area contributed by atoms with Crippen LogP contribution >= 0.6 is 27.3 Å². The standard InChI is InChI=1S/C16H20BrNOS/c1-3-11-5-7-13(8-6-11)19-16(14(18)4-2)15-9-12(17)10-20-15/h5-10,14,16H,3-4,18H2,1-2H3. The van der Waals surface area contributed by atoms with E-state index >= 15 is 0 Å². The second-order valence-electron chi connectivity index (χ2n) is 4.78. The van der Waals surface area contributed by atoms with Crippen molar-refractivity contribution in [2.45, 2.75) is 38.8 Å². The molecule has 2 unspecified atom stereocenters. The van der Waals surface area contributed by atoms with Gasteiger partial charge in [-0.15, -0.1) is 11.3 Å². The topological polar surface area (TPSA) is 35.2 Å². The minimum Gasteiger partial charge on any atom is -0.483 e. The highest BCUT2D eigenvalue weighted by Crippen LogP contribution is 2.32. The maximum Gasteiger partial charge on any atom is 0.148 e. The van der Waals surface area contributed by atoms with Crippen molar-refractivity contribution in [1.29, 1.82) is 0 Å². The Hall–Kier alpha value is -0.840. The average molecular weight is 354 g/mol. The van der Waals surface area contributed by atoms with E-state index < -0.39 is 0 Å². The molecule has 4 heteroatoms. The predicted molar refractivity (Wildman–Crippen MR) is 89.5 cm³/mol. The first kappa shape index (κ1) is 15.5. The van der Waals surface area contributed by atoms with Crippen molar-refractivity contribution < 1.29 is 4.74 Å². The fourth-order valence-corrected chi connectivity index (χ4v) is 3.55. The molecule has 0 bridgehead atoms.